The predicted molar refractivity (Wildman–Crippen MR) is 118 cm³/mol. The van der Waals surface area contributed by atoms with Crippen LogP contribution in [0.15, 0.2) is 54.6 Å². The van der Waals surface area contributed by atoms with E-state index in [2.05, 4.69) is 5.10 Å². The molecule has 1 unspecified atom stereocenters. The van der Waals surface area contributed by atoms with Crippen molar-refractivity contribution in [1.82, 2.24) is 9.78 Å². The van der Waals surface area contributed by atoms with Gasteiger partial charge in [-0.05, 0) is 24.6 Å². The third-order valence-electron chi connectivity index (χ3n) is 6.16. The Labute approximate surface area is 196 Å². The Morgan fingerprint density at radius 1 is 0.971 bits per heavy atom. The number of alkyl halides is 3. The fraction of sp³-hybridized carbons (Fsp3) is 0.240. The summed E-state index contributed by atoms with van der Waals surface area (Å²) in [4.78, 5) is 1.98. The van der Waals surface area contributed by atoms with Crippen LogP contribution in [0.4, 0.5) is 32.0 Å². The maximum Gasteiger partial charge on any atom is 0.418 e. The number of halogens is 6. The fourth-order valence-corrected chi connectivity index (χ4v) is 4.48. The largest absolute Gasteiger partial charge is 0.418 e. The van der Waals surface area contributed by atoms with Crippen LogP contribution in [-0.4, -0.2) is 34.1 Å². The normalized spacial score (nSPS) is 16.4. The van der Waals surface area contributed by atoms with Crippen molar-refractivity contribution in [3.63, 3.8) is 0 Å². The summed E-state index contributed by atoms with van der Waals surface area (Å²) in [5.74, 6) is -3.42. The Bertz CT molecular complexity index is 1370. The first-order valence-corrected chi connectivity index (χ1v) is 10.9. The van der Waals surface area contributed by atoms with E-state index in [-0.39, 0.29) is 16.6 Å². The quantitative estimate of drug-likeness (QED) is 0.369. The number of anilines is 1. The van der Waals surface area contributed by atoms with Crippen molar-refractivity contribution in [2.24, 2.45) is 0 Å². The Kier molecular flexibility index (Phi) is 5.71. The number of fused-ring (bicyclic) bond motifs is 1. The molecular formula is C25H19F6N3O. The van der Waals surface area contributed by atoms with Crippen LogP contribution in [0.25, 0.3) is 22.2 Å². The standard InChI is InChI=1S/C25H19F6N3O/c26-15-10-21(27)19(22(28)11-15)13-34-24(18-2-1-3-20(23(18)32-34)25(29,30)31)14-4-6-16(7-5-14)33-9-8-17(35)12-33/h1-7,10-11,17,35H,8-9,12-13H2. The van der Waals surface area contributed by atoms with Crippen LogP contribution < -0.4 is 4.90 Å². The topological polar surface area (TPSA) is 41.3 Å². The number of β-amino-alcohol motifs (C(OH)–C–C–N with tert-alkyl or cyclic N) is 1. The average molecular weight is 491 g/mol. The lowest BCUT2D eigenvalue weighted by atomic mass is 10.0. The summed E-state index contributed by atoms with van der Waals surface area (Å²) in [7, 11) is 0. The molecule has 0 aliphatic carbocycles. The molecule has 1 N–H and O–H groups in total. The second-order valence-corrected chi connectivity index (χ2v) is 8.49. The molecule has 1 saturated heterocycles. The highest BCUT2D eigenvalue weighted by atomic mass is 19.4. The lowest BCUT2D eigenvalue weighted by molar-refractivity contribution is -0.136. The molecule has 0 bridgehead atoms. The minimum Gasteiger partial charge on any atom is -0.391 e. The zero-order valence-corrected chi connectivity index (χ0v) is 18.2. The van der Waals surface area contributed by atoms with Gasteiger partial charge in [0.05, 0.1) is 23.9 Å². The van der Waals surface area contributed by atoms with Gasteiger partial charge in [0.15, 0.2) is 0 Å². The van der Waals surface area contributed by atoms with Gasteiger partial charge >= 0.3 is 6.18 Å². The van der Waals surface area contributed by atoms with Crippen LogP contribution in [0.1, 0.15) is 17.5 Å². The molecule has 0 radical (unpaired) electrons. The molecule has 1 aliphatic rings. The van der Waals surface area contributed by atoms with E-state index in [4.69, 9.17) is 0 Å². The number of nitrogens with zero attached hydrogens (tertiary/aromatic N) is 3. The molecular weight excluding hydrogens is 472 g/mol. The van der Waals surface area contributed by atoms with Crippen molar-refractivity contribution in [1.29, 1.82) is 0 Å². The highest BCUT2D eigenvalue weighted by Gasteiger charge is 2.34. The van der Waals surface area contributed by atoms with Crippen molar-refractivity contribution >= 4 is 16.6 Å². The molecule has 1 aromatic heterocycles. The van der Waals surface area contributed by atoms with Gasteiger partial charge in [0.25, 0.3) is 0 Å². The molecule has 4 aromatic rings. The first kappa shape index (κ1) is 23.2. The van der Waals surface area contributed by atoms with Crippen LogP contribution in [0.5, 0.6) is 0 Å². The Hall–Kier alpha value is -3.53. The molecule has 182 valence electrons. The van der Waals surface area contributed by atoms with Gasteiger partial charge in [-0.2, -0.15) is 18.3 Å². The van der Waals surface area contributed by atoms with Crippen LogP contribution in [0, 0.1) is 17.5 Å². The average Bonchev–Trinajstić information content (AvgIpc) is 3.38. The maximum atomic E-state index is 14.4. The number of aliphatic hydroxyl groups excluding tert-OH is 1. The molecule has 1 aliphatic heterocycles. The summed E-state index contributed by atoms with van der Waals surface area (Å²) in [6, 6.07) is 11.5. The molecule has 0 spiro atoms. The van der Waals surface area contributed by atoms with E-state index in [9.17, 15) is 31.4 Å². The smallest absolute Gasteiger partial charge is 0.391 e. The van der Waals surface area contributed by atoms with Gasteiger partial charge in [0.2, 0.25) is 0 Å². The molecule has 1 atom stereocenters. The van der Waals surface area contributed by atoms with Gasteiger partial charge in [-0.3, -0.25) is 4.68 Å². The molecule has 3 aromatic carbocycles. The molecule has 0 saturated carbocycles. The summed E-state index contributed by atoms with van der Waals surface area (Å²) in [5.41, 5.74) is -0.299. The number of aliphatic hydroxyl groups is 1. The summed E-state index contributed by atoms with van der Waals surface area (Å²) in [5, 5.41) is 14.0. The fourth-order valence-electron chi connectivity index (χ4n) is 4.48. The van der Waals surface area contributed by atoms with E-state index in [0.29, 0.717) is 37.2 Å². The highest BCUT2D eigenvalue weighted by molar-refractivity contribution is 5.95. The molecule has 10 heteroatoms. The Morgan fingerprint density at radius 2 is 1.66 bits per heavy atom. The summed E-state index contributed by atoms with van der Waals surface area (Å²) in [6.07, 6.45) is -4.49. The van der Waals surface area contributed by atoms with E-state index in [1.54, 1.807) is 24.3 Å². The number of rotatable bonds is 4. The summed E-state index contributed by atoms with van der Waals surface area (Å²) < 4.78 is 84.3. The van der Waals surface area contributed by atoms with Gasteiger partial charge in [-0.1, -0.05) is 24.3 Å². The van der Waals surface area contributed by atoms with Crippen molar-refractivity contribution in [3.05, 3.63) is 83.2 Å². The van der Waals surface area contributed by atoms with Crippen molar-refractivity contribution < 1.29 is 31.4 Å². The van der Waals surface area contributed by atoms with E-state index in [1.165, 1.54) is 12.1 Å². The Morgan fingerprint density at radius 3 is 2.26 bits per heavy atom. The minimum absolute atomic E-state index is 0.159. The lowest BCUT2D eigenvalue weighted by Crippen LogP contribution is -2.20. The number of hydrogen-bond donors (Lipinski definition) is 1. The lowest BCUT2D eigenvalue weighted by Gasteiger charge is -2.18. The zero-order valence-electron chi connectivity index (χ0n) is 18.2. The summed E-state index contributed by atoms with van der Waals surface area (Å²) >= 11 is 0. The number of aromatic nitrogens is 2. The molecule has 35 heavy (non-hydrogen) atoms. The zero-order chi connectivity index (χ0) is 24.9. The van der Waals surface area contributed by atoms with E-state index < -0.39 is 47.4 Å². The molecule has 4 nitrogen and oxygen atoms in total. The number of benzene rings is 3. The molecule has 1 fully saturated rings. The maximum absolute atomic E-state index is 14.4. The van der Waals surface area contributed by atoms with Crippen LogP contribution in [0.3, 0.4) is 0 Å². The van der Waals surface area contributed by atoms with Crippen molar-refractivity contribution in [2.75, 3.05) is 18.0 Å². The summed E-state index contributed by atoms with van der Waals surface area (Å²) in [6.45, 7) is 0.594. The van der Waals surface area contributed by atoms with Crippen LogP contribution in [-0.2, 0) is 12.7 Å². The molecule has 2 heterocycles. The Balaban J connectivity index is 1.65. The third kappa shape index (κ3) is 4.34. The van der Waals surface area contributed by atoms with Crippen molar-refractivity contribution in [2.45, 2.75) is 25.2 Å². The van der Waals surface area contributed by atoms with Gasteiger partial charge in [0, 0.05) is 47.4 Å². The van der Waals surface area contributed by atoms with E-state index in [1.807, 2.05) is 4.90 Å². The third-order valence-corrected chi connectivity index (χ3v) is 6.16. The second-order valence-electron chi connectivity index (χ2n) is 8.49. The second kappa shape index (κ2) is 8.60. The van der Waals surface area contributed by atoms with Crippen molar-refractivity contribution in [3.8, 4) is 11.3 Å². The van der Waals surface area contributed by atoms with Crippen LogP contribution >= 0.6 is 0 Å². The SMILES string of the molecule is OC1CCN(c2ccc(-c3c4cccc(C(F)(F)F)c4nn3Cc3c(F)cc(F)cc3F)cc2)C1. The van der Waals surface area contributed by atoms with Gasteiger partial charge in [-0.15, -0.1) is 0 Å². The van der Waals surface area contributed by atoms with Gasteiger partial charge in [0.1, 0.15) is 23.0 Å². The van der Waals surface area contributed by atoms with Crippen LogP contribution in [0.2, 0.25) is 0 Å². The predicted octanol–water partition coefficient (Wildman–Crippen LogP) is 5.76. The molecule has 0 amide bonds. The van der Waals surface area contributed by atoms with Gasteiger partial charge in [-0.25, -0.2) is 13.2 Å². The first-order valence-electron chi connectivity index (χ1n) is 10.9. The van der Waals surface area contributed by atoms with Gasteiger partial charge < -0.3 is 10.0 Å². The monoisotopic (exact) mass is 491 g/mol. The minimum atomic E-state index is -4.69. The molecule has 5 rings (SSSR count). The van der Waals surface area contributed by atoms with E-state index in [0.717, 1.165) is 16.4 Å². The number of hydrogen-bond acceptors (Lipinski definition) is 3. The highest BCUT2D eigenvalue weighted by Crippen LogP contribution is 2.39. The van der Waals surface area contributed by atoms with E-state index >= 15 is 0 Å². The first-order chi connectivity index (χ1) is 16.6.